The maximum absolute atomic E-state index is 12.4. The fraction of sp³-hybridized carbons (Fsp3) is 0.219. The number of benzene rings is 3. The SMILES string of the molecule is COC(=O)c1cc(C#CCOC(=O)N(C)Cc2cccc(N)c2)ccc1C#CCOC(=O)N(C)Cc1cccc(N)c1. The van der Waals surface area contributed by atoms with Crippen LogP contribution in [0.3, 0.4) is 0 Å². The molecular formula is C32H32N4O6. The second kappa shape index (κ2) is 15.2. The van der Waals surface area contributed by atoms with Crippen molar-refractivity contribution in [1.29, 1.82) is 0 Å². The van der Waals surface area contributed by atoms with Crippen LogP contribution in [0.2, 0.25) is 0 Å². The highest BCUT2D eigenvalue weighted by Gasteiger charge is 2.13. The van der Waals surface area contributed by atoms with E-state index < -0.39 is 18.2 Å². The van der Waals surface area contributed by atoms with E-state index in [-0.39, 0.29) is 18.8 Å². The topological polar surface area (TPSA) is 137 Å². The molecule has 0 aliphatic rings. The lowest BCUT2D eigenvalue weighted by Gasteiger charge is -2.16. The molecule has 0 fully saturated rings. The summed E-state index contributed by atoms with van der Waals surface area (Å²) in [5.74, 6) is 10.6. The first kappa shape index (κ1) is 30.9. The number of esters is 1. The van der Waals surface area contributed by atoms with E-state index in [2.05, 4.69) is 23.7 Å². The van der Waals surface area contributed by atoms with E-state index in [4.69, 9.17) is 25.7 Å². The van der Waals surface area contributed by atoms with Crippen LogP contribution in [0, 0.1) is 23.7 Å². The lowest BCUT2D eigenvalue weighted by Crippen LogP contribution is -2.27. The van der Waals surface area contributed by atoms with Gasteiger partial charge >= 0.3 is 18.2 Å². The molecule has 0 heterocycles. The van der Waals surface area contributed by atoms with Crippen LogP contribution in [0.1, 0.15) is 32.6 Å². The van der Waals surface area contributed by atoms with E-state index >= 15 is 0 Å². The van der Waals surface area contributed by atoms with Gasteiger partial charge in [0.05, 0.1) is 12.7 Å². The molecule has 216 valence electrons. The van der Waals surface area contributed by atoms with Gasteiger partial charge in [-0.05, 0) is 53.6 Å². The first-order chi connectivity index (χ1) is 20.2. The van der Waals surface area contributed by atoms with Crippen molar-refractivity contribution in [3.8, 4) is 23.7 Å². The molecule has 3 aromatic carbocycles. The van der Waals surface area contributed by atoms with Crippen LogP contribution in [-0.2, 0) is 27.3 Å². The standard InChI is InChI=1S/C32H32N4O6/c1-35(21-24-8-4-12-27(33)18-24)31(38)41-16-6-10-23-14-15-26(29(20-23)30(37)40-3)11-7-17-42-32(39)36(2)22-25-9-5-13-28(34)19-25/h4-5,8-9,12-15,18-20H,16-17,21-22,33-34H2,1-3H3. The van der Waals surface area contributed by atoms with Crippen molar-refractivity contribution >= 4 is 29.5 Å². The highest BCUT2D eigenvalue weighted by molar-refractivity contribution is 5.92. The molecule has 10 nitrogen and oxygen atoms in total. The van der Waals surface area contributed by atoms with E-state index in [1.165, 1.54) is 23.0 Å². The van der Waals surface area contributed by atoms with Gasteiger partial charge in [-0.15, -0.1) is 0 Å². The molecule has 3 aromatic rings. The van der Waals surface area contributed by atoms with E-state index in [0.717, 1.165) is 11.1 Å². The van der Waals surface area contributed by atoms with Gasteiger partial charge in [0.2, 0.25) is 0 Å². The van der Waals surface area contributed by atoms with E-state index in [1.807, 2.05) is 24.3 Å². The molecule has 0 saturated heterocycles. The number of hydrogen-bond acceptors (Lipinski definition) is 8. The van der Waals surface area contributed by atoms with Gasteiger partial charge in [0.1, 0.15) is 0 Å². The molecule has 0 aromatic heterocycles. The minimum Gasteiger partial charge on any atom is -0.465 e. The zero-order valence-electron chi connectivity index (χ0n) is 23.7. The average molecular weight is 569 g/mol. The normalized spacial score (nSPS) is 9.79. The summed E-state index contributed by atoms with van der Waals surface area (Å²) in [6.45, 7) is 0.333. The number of methoxy groups -OCH3 is 1. The quantitative estimate of drug-likeness (QED) is 0.190. The van der Waals surface area contributed by atoms with Gasteiger partial charge in [-0.1, -0.05) is 47.9 Å². The van der Waals surface area contributed by atoms with Gasteiger partial charge in [0.15, 0.2) is 13.2 Å². The zero-order chi connectivity index (χ0) is 30.5. The van der Waals surface area contributed by atoms with Gasteiger partial charge in [-0.2, -0.15) is 0 Å². The fourth-order valence-corrected chi connectivity index (χ4v) is 3.76. The molecule has 0 atom stereocenters. The number of nitrogens with zero attached hydrogens (tertiary/aromatic N) is 2. The molecule has 10 heteroatoms. The summed E-state index contributed by atoms with van der Waals surface area (Å²) in [6, 6.07) is 19.3. The largest absolute Gasteiger partial charge is 0.465 e. The van der Waals surface area contributed by atoms with Crippen LogP contribution >= 0.6 is 0 Å². The number of anilines is 2. The molecule has 42 heavy (non-hydrogen) atoms. The maximum atomic E-state index is 12.4. The van der Waals surface area contributed by atoms with Crippen molar-refractivity contribution in [3.63, 3.8) is 0 Å². The third-order valence-electron chi connectivity index (χ3n) is 5.78. The van der Waals surface area contributed by atoms with Gasteiger partial charge in [-0.3, -0.25) is 0 Å². The second-order valence-electron chi connectivity index (χ2n) is 9.17. The van der Waals surface area contributed by atoms with E-state index in [9.17, 15) is 14.4 Å². The molecule has 3 rings (SSSR count). The first-order valence-corrected chi connectivity index (χ1v) is 12.8. The Bertz CT molecular complexity index is 1560. The van der Waals surface area contributed by atoms with Crippen LogP contribution in [-0.4, -0.2) is 62.4 Å². The number of nitrogen functional groups attached to an aromatic ring is 2. The maximum Gasteiger partial charge on any atom is 0.410 e. The Morgan fingerprint density at radius 2 is 1.26 bits per heavy atom. The third kappa shape index (κ3) is 9.54. The number of hydrogen-bond donors (Lipinski definition) is 2. The predicted molar refractivity (Wildman–Crippen MR) is 159 cm³/mol. The van der Waals surface area contributed by atoms with Crippen LogP contribution in [0.15, 0.2) is 66.7 Å². The van der Waals surface area contributed by atoms with Crippen LogP contribution in [0.25, 0.3) is 0 Å². The number of amides is 2. The molecule has 0 unspecified atom stereocenters. The predicted octanol–water partition coefficient (Wildman–Crippen LogP) is 3.88. The van der Waals surface area contributed by atoms with Crippen molar-refractivity contribution in [3.05, 3.63) is 94.5 Å². The van der Waals surface area contributed by atoms with Gasteiger partial charge in [-0.25, -0.2) is 14.4 Å². The Kier molecular flexibility index (Phi) is 11.2. The Morgan fingerprint density at radius 3 is 1.76 bits per heavy atom. The van der Waals surface area contributed by atoms with Crippen molar-refractivity contribution < 1.29 is 28.6 Å². The number of ether oxygens (including phenoxy) is 3. The lowest BCUT2D eigenvalue weighted by molar-refractivity contribution is 0.0600. The first-order valence-electron chi connectivity index (χ1n) is 12.8. The molecule has 0 radical (unpaired) electrons. The molecule has 0 saturated carbocycles. The summed E-state index contributed by atoms with van der Waals surface area (Å²) in [5, 5.41) is 0. The summed E-state index contributed by atoms with van der Waals surface area (Å²) in [7, 11) is 4.48. The van der Waals surface area contributed by atoms with Crippen molar-refractivity contribution in [2.75, 3.05) is 45.9 Å². The van der Waals surface area contributed by atoms with Gasteiger partial charge in [0.25, 0.3) is 0 Å². The van der Waals surface area contributed by atoms with E-state index in [0.29, 0.717) is 35.6 Å². The van der Waals surface area contributed by atoms with Gasteiger partial charge in [0, 0.05) is 49.7 Å². The summed E-state index contributed by atoms with van der Waals surface area (Å²) in [6.07, 6.45) is -1.09. The summed E-state index contributed by atoms with van der Waals surface area (Å²) in [5.41, 5.74) is 15.6. The minimum atomic E-state index is -0.601. The average Bonchev–Trinajstić information content (AvgIpc) is 2.97. The minimum absolute atomic E-state index is 0.146. The Morgan fingerprint density at radius 1 is 0.738 bits per heavy atom. The van der Waals surface area contributed by atoms with Crippen molar-refractivity contribution in [2.24, 2.45) is 0 Å². The number of carbonyl (C=O) groups excluding carboxylic acids is 3. The number of rotatable bonds is 7. The van der Waals surface area contributed by atoms with E-state index in [1.54, 1.807) is 50.5 Å². The number of nitrogens with two attached hydrogens (primary N) is 2. The molecule has 0 spiro atoms. The third-order valence-corrected chi connectivity index (χ3v) is 5.78. The van der Waals surface area contributed by atoms with Crippen LogP contribution in [0.5, 0.6) is 0 Å². The monoisotopic (exact) mass is 568 g/mol. The zero-order valence-corrected chi connectivity index (χ0v) is 23.7. The summed E-state index contributed by atoms with van der Waals surface area (Å²) >= 11 is 0. The Balaban J connectivity index is 1.55. The van der Waals surface area contributed by atoms with Crippen LogP contribution in [0.4, 0.5) is 21.0 Å². The fourth-order valence-electron chi connectivity index (χ4n) is 3.76. The molecular weight excluding hydrogens is 536 g/mol. The Hall–Kier alpha value is -5.61. The van der Waals surface area contributed by atoms with Gasteiger partial charge < -0.3 is 35.5 Å². The molecule has 0 aliphatic carbocycles. The summed E-state index contributed by atoms with van der Waals surface area (Å²) in [4.78, 5) is 39.7. The molecule has 0 bridgehead atoms. The second-order valence-corrected chi connectivity index (χ2v) is 9.17. The lowest BCUT2D eigenvalue weighted by atomic mass is 10.0. The summed E-state index contributed by atoms with van der Waals surface area (Å²) < 4.78 is 15.3. The molecule has 2 amide bonds. The van der Waals surface area contributed by atoms with Crippen molar-refractivity contribution in [2.45, 2.75) is 13.1 Å². The smallest absolute Gasteiger partial charge is 0.410 e. The Labute approximate surface area is 245 Å². The van der Waals surface area contributed by atoms with Crippen LogP contribution < -0.4 is 11.5 Å². The molecule has 4 N–H and O–H groups in total. The molecule has 0 aliphatic heterocycles. The highest BCUT2D eigenvalue weighted by Crippen LogP contribution is 2.13. The van der Waals surface area contributed by atoms with Crippen molar-refractivity contribution in [1.82, 2.24) is 9.80 Å². The number of carbonyl (C=O) groups is 3. The highest BCUT2D eigenvalue weighted by atomic mass is 16.6.